The van der Waals surface area contributed by atoms with Crippen molar-refractivity contribution in [2.45, 2.75) is 89.4 Å². The summed E-state index contributed by atoms with van der Waals surface area (Å²) in [5.41, 5.74) is -1.10. The van der Waals surface area contributed by atoms with Gasteiger partial charge < -0.3 is 10.2 Å². The van der Waals surface area contributed by atoms with Gasteiger partial charge in [0.15, 0.2) is 0 Å². The molecule has 4 heteroatoms. The SMILES string of the molecule is CC1C(O)CCC2C[C@H]3N(CC4CC4)CCC[C@@]4(C(C)C(=O)CC[C@@]34O)C21. The molecule has 0 radical (unpaired) electrons. The van der Waals surface area contributed by atoms with Crippen LogP contribution in [0.1, 0.15) is 71.6 Å². The fraction of sp³-hybridized carbons (Fsp3) is 0.957. The fourth-order valence-electron chi connectivity index (χ4n) is 8.24. The lowest BCUT2D eigenvalue weighted by Crippen LogP contribution is -2.73. The highest BCUT2D eigenvalue weighted by molar-refractivity contribution is 5.83. The van der Waals surface area contributed by atoms with E-state index in [1.165, 1.54) is 12.8 Å². The Morgan fingerprint density at radius 1 is 1.15 bits per heavy atom. The molecule has 5 fully saturated rings. The number of ketones is 1. The quantitative estimate of drug-likeness (QED) is 0.779. The van der Waals surface area contributed by atoms with Crippen LogP contribution in [0, 0.1) is 35.0 Å². The van der Waals surface area contributed by atoms with Gasteiger partial charge in [0.25, 0.3) is 0 Å². The fourth-order valence-corrected chi connectivity index (χ4v) is 8.24. The first-order valence-electron chi connectivity index (χ1n) is 11.6. The van der Waals surface area contributed by atoms with Crippen LogP contribution in [0.2, 0.25) is 0 Å². The van der Waals surface area contributed by atoms with E-state index in [-0.39, 0.29) is 35.3 Å². The van der Waals surface area contributed by atoms with Crippen LogP contribution in [-0.4, -0.2) is 51.7 Å². The van der Waals surface area contributed by atoms with Gasteiger partial charge in [-0.15, -0.1) is 0 Å². The third kappa shape index (κ3) is 2.48. The summed E-state index contributed by atoms with van der Waals surface area (Å²) < 4.78 is 0. The van der Waals surface area contributed by atoms with Crippen molar-refractivity contribution in [1.82, 2.24) is 4.90 Å². The zero-order valence-electron chi connectivity index (χ0n) is 17.1. The van der Waals surface area contributed by atoms with E-state index in [0.29, 0.717) is 24.5 Å². The maximum atomic E-state index is 12.9. The Morgan fingerprint density at radius 2 is 1.93 bits per heavy atom. The summed E-state index contributed by atoms with van der Waals surface area (Å²) in [6.45, 7) is 6.51. The minimum absolute atomic E-state index is 0.0832. The predicted molar refractivity (Wildman–Crippen MR) is 104 cm³/mol. The van der Waals surface area contributed by atoms with Crippen molar-refractivity contribution < 1.29 is 15.0 Å². The Balaban J connectivity index is 1.63. The van der Waals surface area contributed by atoms with Gasteiger partial charge in [-0.05, 0) is 81.6 Å². The maximum absolute atomic E-state index is 12.9. The van der Waals surface area contributed by atoms with Crippen molar-refractivity contribution in [2.24, 2.45) is 35.0 Å². The molecule has 4 nitrogen and oxygen atoms in total. The molecule has 5 aliphatic rings. The molecule has 4 saturated carbocycles. The van der Waals surface area contributed by atoms with Crippen molar-refractivity contribution in [3.8, 4) is 0 Å². The van der Waals surface area contributed by atoms with Gasteiger partial charge in [0.1, 0.15) is 5.78 Å². The summed E-state index contributed by atoms with van der Waals surface area (Å²) >= 11 is 0. The number of aliphatic hydroxyl groups excluding tert-OH is 1. The van der Waals surface area contributed by atoms with Crippen molar-refractivity contribution in [1.29, 1.82) is 0 Å². The number of likely N-dealkylation sites (tertiary alicyclic amines) is 1. The molecule has 152 valence electrons. The molecule has 0 aromatic carbocycles. The van der Waals surface area contributed by atoms with E-state index in [1.807, 2.05) is 0 Å². The van der Waals surface area contributed by atoms with Gasteiger partial charge in [-0.25, -0.2) is 0 Å². The van der Waals surface area contributed by atoms with E-state index >= 15 is 0 Å². The smallest absolute Gasteiger partial charge is 0.136 e. The van der Waals surface area contributed by atoms with Crippen LogP contribution in [0.25, 0.3) is 0 Å². The minimum Gasteiger partial charge on any atom is -0.393 e. The number of nitrogens with zero attached hydrogens (tertiary/aromatic N) is 1. The monoisotopic (exact) mass is 375 g/mol. The van der Waals surface area contributed by atoms with Gasteiger partial charge in [-0.2, -0.15) is 0 Å². The zero-order chi connectivity index (χ0) is 19.0. The van der Waals surface area contributed by atoms with Crippen molar-refractivity contribution >= 4 is 5.78 Å². The first-order chi connectivity index (χ1) is 12.9. The Hall–Kier alpha value is -0.450. The second kappa shape index (κ2) is 6.27. The number of aliphatic hydroxyl groups is 2. The summed E-state index contributed by atoms with van der Waals surface area (Å²) in [6.07, 6.45) is 8.60. The number of carbonyl (C=O) groups excluding carboxylic acids is 1. The van der Waals surface area contributed by atoms with Gasteiger partial charge in [0.05, 0.1) is 11.7 Å². The Labute approximate surface area is 163 Å². The largest absolute Gasteiger partial charge is 0.393 e. The summed E-state index contributed by atoms with van der Waals surface area (Å²) in [6, 6.07) is 0.208. The minimum atomic E-state index is -0.766. The lowest BCUT2D eigenvalue weighted by atomic mass is 9.40. The van der Waals surface area contributed by atoms with Gasteiger partial charge in [-0.1, -0.05) is 13.8 Å². The molecule has 1 saturated heterocycles. The van der Waals surface area contributed by atoms with Crippen LogP contribution in [0.5, 0.6) is 0 Å². The molecule has 0 aromatic rings. The lowest BCUT2D eigenvalue weighted by Gasteiger charge is -2.67. The van der Waals surface area contributed by atoms with Crippen LogP contribution >= 0.6 is 0 Å². The maximum Gasteiger partial charge on any atom is 0.136 e. The molecule has 4 aliphatic carbocycles. The second-order valence-corrected chi connectivity index (χ2v) is 10.7. The van der Waals surface area contributed by atoms with Gasteiger partial charge in [-0.3, -0.25) is 9.69 Å². The van der Waals surface area contributed by atoms with Gasteiger partial charge in [0, 0.05) is 30.3 Å². The van der Waals surface area contributed by atoms with Crippen LogP contribution in [0.3, 0.4) is 0 Å². The van der Waals surface area contributed by atoms with Crippen molar-refractivity contribution in [3.05, 3.63) is 0 Å². The number of Topliss-reactive ketones (excluding diaryl/α,β-unsaturated/α-hetero) is 1. The molecule has 2 bridgehead atoms. The van der Waals surface area contributed by atoms with Gasteiger partial charge in [0.2, 0.25) is 0 Å². The van der Waals surface area contributed by atoms with Crippen molar-refractivity contribution in [2.75, 3.05) is 13.1 Å². The summed E-state index contributed by atoms with van der Waals surface area (Å²) in [7, 11) is 0. The molecule has 5 rings (SSSR count). The molecule has 1 aliphatic heterocycles. The van der Waals surface area contributed by atoms with E-state index in [1.54, 1.807) is 0 Å². The first-order valence-corrected chi connectivity index (χ1v) is 11.6. The normalized spacial score (nSPS) is 53.4. The van der Waals surface area contributed by atoms with Gasteiger partial charge >= 0.3 is 0 Å². The summed E-state index contributed by atoms with van der Waals surface area (Å²) in [5.74, 6) is 2.10. The van der Waals surface area contributed by atoms with E-state index in [9.17, 15) is 15.0 Å². The molecule has 27 heavy (non-hydrogen) atoms. The van der Waals surface area contributed by atoms with Crippen LogP contribution in [0.4, 0.5) is 0 Å². The van der Waals surface area contributed by atoms with Crippen LogP contribution in [-0.2, 0) is 4.79 Å². The Kier molecular flexibility index (Phi) is 4.31. The van der Waals surface area contributed by atoms with E-state index < -0.39 is 5.60 Å². The zero-order valence-corrected chi connectivity index (χ0v) is 17.1. The molecular formula is C23H37NO3. The highest BCUT2D eigenvalue weighted by Crippen LogP contribution is 2.67. The Morgan fingerprint density at radius 3 is 2.67 bits per heavy atom. The first kappa shape index (κ1) is 18.6. The summed E-state index contributed by atoms with van der Waals surface area (Å²) in [5, 5.41) is 23.1. The third-order valence-corrected chi connectivity index (χ3v) is 9.67. The second-order valence-electron chi connectivity index (χ2n) is 10.7. The highest BCUT2D eigenvalue weighted by Gasteiger charge is 2.71. The number of carbonyl (C=O) groups is 1. The molecule has 2 N–H and O–H groups in total. The molecule has 5 unspecified atom stereocenters. The topological polar surface area (TPSA) is 60.8 Å². The predicted octanol–water partition coefficient (Wildman–Crippen LogP) is 3.00. The van der Waals surface area contributed by atoms with E-state index in [2.05, 4.69) is 18.7 Å². The standard InChI is InChI=1S/C23H37NO3/c1-14-18(25)7-6-17-12-20-23(27)10-8-19(26)15(2)22(23,21(14)17)9-3-11-24(20)13-16-4-5-16/h14-18,20-21,25,27H,3-13H2,1-2H3/t14?,15?,17?,18?,20-,21?,22-,23-/m1/s1. The molecular weight excluding hydrogens is 338 g/mol. The van der Waals surface area contributed by atoms with E-state index in [4.69, 9.17) is 0 Å². The van der Waals surface area contributed by atoms with Crippen molar-refractivity contribution in [3.63, 3.8) is 0 Å². The lowest BCUT2D eigenvalue weighted by molar-refractivity contribution is -0.253. The molecule has 0 spiro atoms. The summed E-state index contributed by atoms with van der Waals surface area (Å²) in [4.78, 5) is 15.6. The van der Waals surface area contributed by atoms with Crippen LogP contribution in [0.15, 0.2) is 0 Å². The number of rotatable bonds is 2. The number of hydrogen-bond donors (Lipinski definition) is 2. The highest BCUT2D eigenvalue weighted by atomic mass is 16.3. The number of hydrogen-bond acceptors (Lipinski definition) is 4. The molecule has 0 aromatic heterocycles. The van der Waals surface area contributed by atoms with E-state index in [0.717, 1.165) is 51.1 Å². The number of fused-ring (bicyclic) bond motifs is 1. The molecule has 8 atom stereocenters. The molecule has 1 heterocycles. The van der Waals surface area contributed by atoms with Crippen LogP contribution < -0.4 is 0 Å². The Bertz CT molecular complexity index is 619. The average molecular weight is 376 g/mol. The molecule has 0 amide bonds. The average Bonchev–Trinajstić information content (AvgIpc) is 3.46. The third-order valence-electron chi connectivity index (χ3n) is 9.67.